The van der Waals surface area contributed by atoms with Gasteiger partial charge in [-0.1, -0.05) is 197 Å². The molecule has 74 heavy (non-hydrogen) atoms. The molecule has 3 aromatic heterocycles. The second-order valence-corrected chi connectivity index (χ2v) is 24.5. The van der Waals surface area contributed by atoms with Gasteiger partial charge in [0.25, 0.3) is 6.33 Å². The zero-order chi connectivity index (χ0) is 50.8. The molecule has 2 aliphatic carbocycles. The molecular weight excluding hydrogens is 1090 g/mol. The van der Waals surface area contributed by atoms with E-state index in [0.29, 0.717) is 11.5 Å². The van der Waals surface area contributed by atoms with Gasteiger partial charge in [-0.3, -0.25) is 4.57 Å². The molecule has 7 aromatic carbocycles. The summed E-state index contributed by atoms with van der Waals surface area (Å²) in [6.07, 6.45) is 10.5. The minimum atomic E-state index is -0.155. The van der Waals surface area contributed by atoms with E-state index in [1.54, 1.807) is 0 Å². The Balaban J connectivity index is 0.00000588. The number of hydrogen-bond acceptors (Lipinski definition) is 3. The van der Waals surface area contributed by atoms with Crippen molar-refractivity contribution >= 4 is 33.0 Å². The average Bonchev–Trinajstić information content (AvgIpc) is 3.96. The topological polar surface area (TPSA) is 44.1 Å². The number of fused-ring (bicyclic) bond motifs is 8. The van der Waals surface area contributed by atoms with E-state index in [1.165, 1.54) is 22.3 Å². The Bertz CT molecular complexity index is 3750. The van der Waals surface area contributed by atoms with Gasteiger partial charge in [0.1, 0.15) is 16.7 Å². The summed E-state index contributed by atoms with van der Waals surface area (Å²) in [7, 11) is 0. The predicted molar refractivity (Wildman–Crippen MR) is 298 cm³/mol. The van der Waals surface area contributed by atoms with Crippen molar-refractivity contribution < 1.29 is 34.8 Å². The third kappa shape index (κ3) is 8.35. The summed E-state index contributed by atoms with van der Waals surface area (Å²) in [5.74, 6) is 1.19. The molecule has 12 rings (SSSR count). The van der Waals surface area contributed by atoms with Crippen LogP contribution in [0.5, 0.6) is 11.5 Å². The molecule has 0 atom stereocenters. The van der Waals surface area contributed by atoms with Crippen molar-refractivity contribution in [1.29, 1.82) is 0 Å². The SMILES string of the molecule is CC(C)(C)c1cc(Oc2[c-]c(-[n+]3[c-]n(-c4c(-c5ccccc5)cccc4-c4ccccc4)c4c5oc6c7c(ccc6c5ccc43)C(C)(C)CCC7(C)C)ccc2)[c-]c(-c2cc3c(cn2)C(C)(C)CCC3(C)C)c1.[Pt]. The Labute approximate surface area is 451 Å². The monoisotopic (exact) mass is 1150 g/mol. The van der Waals surface area contributed by atoms with E-state index in [0.717, 1.165) is 109 Å². The van der Waals surface area contributed by atoms with Crippen LogP contribution in [0.2, 0.25) is 0 Å². The smallest absolute Gasteiger partial charge is 0.268 e. The molecule has 0 saturated heterocycles. The van der Waals surface area contributed by atoms with Crippen molar-refractivity contribution in [3.8, 4) is 56.4 Å². The molecule has 0 spiro atoms. The summed E-state index contributed by atoms with van der Waals surface area (Å²) in [5, 5.41) is 2.21. The molecule has 0 saturated carbocycles. The number of benzene rings is 7. The van der Waals surface area contributed by atoms with E-state index < -0.39 is 0 Å². The van der Waals surface area contributed by atoms with Gasteiger partial charge in [0.05, 0.1) is 11.2 Å². The molecule has 376 valence electrons. The number of aromatic nitrogens is 3. The predicted octanol–water partition coefficient (Wildman–Crippen LogP) is 17.4. The van der Waals surface area contributed by atoms with Gasteiger partial charge in [0.2, 0.25) is 0 Å². The molecule has 10 aromatic rings. The number of pyridine rings is 1. The van der Waals surface area contributed by atoms with Gasteiger partial charge in [0, 0.05) is 55.1 Å². The van der Waals surface area contributed by atoms with Gasteiger partial charge in [-0.2, -0.15) is 12.1 Å². The average molecular weight is 1150 g/mol. The number of nitrogens with zero attached hydrogens (tertiary/aromatic N) is 3. The maximum atomic E-state index is 7.44. The molecule has 0 fully saturated rings. The van der Waals surface area contributed by atoms with E-state index in [-0.39, 0.29) is 48.1 Å². The zero-order valence-electron chi connectivity index (χ0n) is 44.7. The third-order valence-corrected chi connectivity index (χ3v) is 16.6. The molecule has 5 nitrogen and oxygen atoms in total. The Hall–Kier alpha value is -6.55. The van der Waals surface area contributed by atoms with Crippen LogP contribution in [0.25, 0.3) is 77.9 Å². The molecule has 2 aliphatic rings. The van der Waals surface area contributed by atoms with Crippen LogP contribution in [0, 0.1) is 18.5 Å². The van der Waals surface area contributed by atoms with Gasteiger partial charge >= 0.3 is 0 Å². The van der Waals surface area contributed by atoms with E-state index in [4.69, 9.17) is 14.1 Å². The number of imidazole rings is 1. The van der Waals surface area contributed by atoms with Crippen LogP contribution in [0.3, 0.4) is 0 Å². The summed E-state index contributed by atoms with van der Waals surface area (Å²) < 4.78 is 18.7. The fourth-order valence-electron chi connectivity index (χ4n) is 11.9. The van der Waals surface area contributed by atoms with Crippen LogP contribution in [0.15, 0.2) is 150 Å². The van der Waals surface area contributed by atoms with Gasteiger partial charge in [-0.05, 0) is 103 Å². The minimum Gasteiger partial charge on any atom is -0.503 e. The number of furan rings is 1. The van der Waals surface area contributed by atoms with Crippen molar-refractivity contribution in [1.82, 2.24) is 9.55 Å². The van der Waals surface area contributed by atoms with Crippen LogP contribution >= 0.6 is 0 Å². The molecular formula is C68H65N3O2Pt-2. The zero-order valence-corrected chi connectivity index (χ0v) is 46.9. The second-order valence-electron chi connectivity index (χ2n) is 24.5. The van der Waals surface area contributed by atoms with Gasteiger partial charge in [0.15, 0.2) is 0 Å². The molecule has 3 heterocycles. The van der Waals surface area contributed by atoms with Crippen LogP contribution in [-0.2, 0) is 48.1 Å². The Morgan fingerprint density at radius 3 is 1.84 bits per heavy atom. The van der Waals surface area contributed by atoms with E-state index in [1.807, 2.05) is 12.1 Å². The Kier molecular flexibility index (Phi) is 11.9. The molecule has 0 N–H and O–H groups in total. The summed E-state index contributed by atoms with van der Waals surface area (Å²) in [4.78, 5) is 5.11. The van der Waals surface area contributed by atoms with Gasteiger partial charge in [-0.15, -0.1) is 29.3 Å². The second kappa shape index (κ2) is 17.8. The first-order chi connectivity index (χ1) is 34.8. The first-order valence-electron chi connectivity index (χ1n) is 26.2. The Morgan fingerprint density at radius 1 is 0.581 bits per heavy atom. The van der Waals surface area contributed by atoms with E-state index in [2.05, 4.69) is 237 Å². The van der Waals surface area contributed by atoms with Crippen molar-refractivity contribution in [2.45, 2.75) is 129 Å². The number of ether oxygens (including phenoxy) is 1. The van der Waals surface area contributed by atoms with Crippen molar-refractivity contribution in [2.75, 3.05) is 0 Å². The normalized spacial score (nSPS) is 16.4. The summed E-state index contributed by atoms with van der Waals surface area (Å²) in [5.41, 5.74) is 18.2. The fourth-order valence-corrected chi connectivity index (χ4v) is 11.9. The maximum absolute atomic E-state index is 7.44. The molecule has 0 unspecified atom stereocenters. The number of rotatable bonds is 7. The van der Waals surface area contributed by atoms with Crippen molar-refractivity contribution in [3.63, 3.8) is 0 Å². The van der Waals surface area contributed by atoms with Crippen molar-refractivity contribution in [3.05, 3.63) is 192 Å². The third-order valence-electron chi connectivity index (χ3n) is 16.6. The van der Waals surface area contributed by atoms with Crippen molar-refractivity contribution in [2.24, 2.45) is 0 Å². The number of para-hydroxylation sites is 1. The van der Waals surface area contributed by atoms with Crippen LogP contribution in [0.1, 0.15) is 130 Å². The van der Waals surface area contributed by atoms with Crippen LogP contribution < -0.4 is 9.30 Å². The van der Waals surface area contributed by atoms with Gasteiger partial charge in [-0.25, -0.2) is 0 Å². The van der Waals surface area contributed by atoms with Crippen LogP contribution in [0.4, 0.5) is 0 Å². The summed E-state index contributed by atoms with van der Waals surface area (Å²) >= 11 is 0. The van der Waals surface area contributed by atoms with E-state index in [9.17, 15) is 0 Å². The first-order valence-corrected chi connectivity index (χ1v) is 26.2. The Morgan fingerprint density at radius 2 is 1.18 bits per heavy atom. The quantitative estimate of drug-likeness (QED) is 0.118. The fraction of sp³-hybridized carbons (Fsp3) is 0.294. The minimum absolute atomic E-state index is 0. The molecule has 0 amide bonds. The van der Waals surface area contributed by atoms with Crippen LogP contribution in [-0.4, -0.2) is 9.55 Å². The molecule has 6 heteroatoms. The maximum Gasteiger partial charge on any atom is 0.268 e. The largest absolute Gasteiger partial charge is 0.503 e. The number of hydrogen-bond donors (Lipinski definition) is 0. The first kappa shape index (κ1) is 49.6. The standard InChI is InChI=1S/C68H65N3O2.Pt/c1-64(2,3)46-36-45(57-40-55-56(41-69-57)67(8,9)33-32-66(55,6)7)37-49(38-46)72-48-25-18-24-47(39-48)70-42-71(60-50(43-20-14-12-15-21-43)26-19-27-51(60)44-22-16-13-17-23-44)61-58(70)31-29-53-52-28-30-54-59(62(52)73-63(53)61)68(10,11)35-34-65(54,4)5;/h12-31,36,38,40-41H,32-35H2,1-11H3;/q-2;. The molecule has 0 aliphatic heterocycles. The van der Waals surface area contributed by atoms with Gasteiger partial charge < -0.3 is 18.7 Å². The molecule has 0 radical (unpaired) electrons. The molecule has 0 bridgehead atoms. The summed E-state index contributed by atoms with van der Waals surface area (Å²) in [6, 6.07) is 57.2. The summed E-state index contributed by atoms with van der Waals surface area (Å²) in [6.45, 7) is 25.7. The van der Waals surface area contributed by atoms with E-state index >= 15 is 0 Å².